The Morgan fingerprint density at radius 3 is 2.24 bits per heavy atom. The molecule has 0 saturated carbocycles. The Morgan fingerprint density at radius 1 is 1.08 bits per heavy atom. The first-order valence-electron chi connectivity index (χ1n) is 7.98. The van der Waals surface area contributed by atoms with Crippen molar-refractivity contribution in [2.45, 2.75) is 19.5 Å². The van der Waals surface area contributed by atoms with E-state index in [1.165, 1.54) is 0 Å². The summed E-state index contributed by atoms with van der Waals surface area (Å²) in [6.45, 7) is 2.48. The molecule has 2 N–H and O–H groups in total. The number of nitrogens with one attached hydrogen (secondary N) is 2. The Morgan fingerprint density at radius 2 is 1.68 bits per heavy atom. The van der Waals surface area contributed by atoms with Crippen molar-refractivity contribution in [3.63, 3.8) is 0 Å². The summed E-state index contributed by atoms with van der Waals surface area (Å²) in [5.41, 5.74) is 2.43. The molecule has 6 heteroatoms. The van der Waals surface area contributed by atoms with Crippen LogP contribution in [0.15, 0.2) is 53.0 Å². The van der Waals surface area contributed by atoms with E-state index < -0.39 is 0 Å². The number of benzene rings is 2. The fraction of sp³-hybridized carbons (Fsp3) is 0.263. The zero-order valence-electron chi connectivity index (χ0n) is 14.5. The highest BCUT2D eigenvalue weighted by atomic mass is 79.9. The van der Waals surface area contributed by atoms with Gasteiger partial charge in [-0.05, 0) is 55.9 Å². The van der Waals surface area contributed by atoms with Crippen molar-refractivity contribution in [2.24, 2.45) is 0 Å². The van der Waals surface area contributed by atoms with Gasteiger partial charge in [-0.1, -0.05) is 28.1 Å². The molecule has 0 bridgehead atoms. The predicted octanol–water partition coefficient (Wildman–Crippen LogP) is 3.27. The molecule has 2 rings (SSSR count). The molecule has 0 saturated heterocycles. The van der Waals surface area contributed by atoms with Crippen LogP contribution in [-0.4, -0.2) is 36.9 Å². The Labute approximate surface area is 156 Å². The van der Waals surface area contributed by atoms with Gasteiger partial charge >= 0.3 is 0 Å². The number of hydrogen-bond acceptors (Lipinski definition) is 3. The Balaban J connectivity index is 1.94. The van der Waals surface area contributed by atoms with Crippen molar-refractivity contribution < 1.29 is 9.59 Å². The van der Waals surface area contributed by atoms with E-state index in [0.717, 1.165) is 15.7 Å². The second kappa shape index (κ2) is 8.78. The molecule has 5 nitrogen and oxygen atoms in total. The second-order valence-electron chi connectivity index (χ2n) is 5.86. The number of carbonyl (C=O) groups is 2. The molecule has 1 atom stereocenters. The first kappa shape index (κ1) is 19.1. The van der Waals surface area contributed by atoms with E-state index in [1.807, 2.05) is 55.3 Å². The maximum absolute atomic E-state index is 12.4. The smallest absolute Gasteiger partial charge is 0.251 e. The van der Waals surface area contributed by atoms with Gasteiger partial charge in [-0.15, -0.1) is 0 Å². The van der Waals surface area contributed by atoms with E-state index in [9.17, 15) is 9.59 Å². The highest BCUT2D eigenvalue weighted by Gasteiger charge is 2.18. The van der Waals surface area contributed by atoms with Gasteiger partial charge in [-0.25, -0.2) is 0 Å². The van der Waals surface area contributed by atoms with E-state index in [4.69, 9.17) is 0 Å². The van der Waals surface area contributed by atoms with E-state index in [1.54, 1.807) is 19.2 Å². The van der Waals surface area contributed by atoms with Gasteiger partial charge in [0.1, 0.15) is 0 Å². The highest BCUT2D eigenvalue weighted by Crippen LogP contribution is 2.15. The summed E-state index contributed by atoms with van der Waals surface area (Å²) in [6, 6.07) is 14.6. The lowest BCUT2D eigenvalue weighted by molar-refractivity contribution is -0.120. The number of likely N-dealkylation sites (N-methyl/N-ethyl adjacent to an activating group) is 1. The Kier molecular flexibility index (Phi) is 6.73. The average Bonchev–Trinajstić information content (AvgIpc) is 2.62. The molecular formula is C19H22BrN3O2. The molecule has 132 valence electrons. The van der Waals surface area contributed by atoms with Gasteiger partial charge in [0.25, 0.3) is 5.91 Å². The van der Waals surface area contributed by atoms with Gasteiger partial charge in [0.2, 0.25) is 5.91 Å². The van der Waals surface area contributed by atoms with Crippen molar-refractivity contribution in [3.05, 3.63) is 64.1 Å². The van der Waals surface area contributed by atoms with Gasteiger partial charge in [0.15, 0.2) is 0 Å². The van der Waals surface area contributed by atoms with Crippen LogP contribution in [0.2, 0.25) is 0 Å². The third-order valence-electron chi connectivity index (χ3n) is 4.03. The quantitative estimate of drug-likeness (QED) is 0.777. The minimum absolute atomic E-state index is 0.0631. The highest BCUT2D eigenvalue weighted by molar-refractivity contribution is 9.10. The summed E-state index contributed by atoms with van der Waals surface area (Å²) in [7, 11) is 3.51. The van der Waals surface area contributed by atoms with Crippen LogP contribution < -0.4 is 10.6 Å². The Hall–Kier alpha value is -2.18. The van der Waals surface area contributed by atoms with Gasteiger partial charge in [-0.3, -0.25) is 14.5 Å². The number of halogens is 1. The average molecular weight is 404 g/mol. The number of carbonyl (C=O) groups excluding carboxylic acids is 2. The number of anilines is 1. The summed E-state index contributed by atoms with van der Waals surface area (Å²) in [5, 5.41) is 5.51. The van der Waals surface area contributed by atoms with Crippen LogP contribution in [0.5, 0.6) is 0 Å². The zero-order valence-corrected chi connectivity index (χ0v) is 16.1. The molecule has 25 heavy (non-hydrogen) atoms. The van der Waals surface area contributed by atoms with Crippen molar-refractivity contribution in [2.75, 3.05) is 19.4 Å². The summed E-state index contributed by atoms with van der Waals surface area (Å²) in [5.74, 6) is -0.172. The maximum atomic E-state index is 12.4. The number of rotatable bonds is 6. The first-order chi connectivity index (χ1) is 11.9. The topological polar surface area (TPSA) is 61.4 Å². The molecule has 0 aliphatic carbocycles. The lowest BCUT2D eigenvalue weighted by Crippen LogP contribution is -2.39. The van der Waals surface area contributed by atoms with Crippen LogP contribution in [-0.2, 0) is 11.3 Å². The van der Waals surface area contributed by atoms with E-state index in [0.29, 0.717) is 12.1 Å². The van der Waals surface area contributed by atoms with Crippen molar-refractivity contribution in [3.8, 4) is 0 Å². The lowest BCUT2D eigenvalue weighted by atomic mass is 10.1. The number of nitrogens with zero attached hydrogens (tertiary/aromatic N) is 1. The third kappa shape index (κ3) is 5.41. The summed E-state index contributed by atoms with van der Waals surface area (Å²) >= 11 is 3.37. The normalized spacial score (nSPS) is 11.9. The van der Waals surface area contributed by atoms with Crippen molar-refractivity contribution >= 4 is 33.4 Å². The summed E-state index contributed by atoms with van der Waals surface area (Å²) in [6.07, 6.45) is 0. The molecular weight excluding hydrogens is 382 g/mol. The van der Waals surface area contributed by atoms with Crippen LogP contribution in [0, 0.1) is 0 Å². The summed E-state index contributed by atoms with van der Waals surface area (Å²) < 4.78 is 0.968. The zero-order chi connectivity index (χ0) is 18.4. The van der Waals surface area contributed by atoms with Crippen molar-refractivity contribution in [1.82, 2.24) is 10.2 Å². The molecule has 0 aliphatic heterocycles. The van der Waals surface area contributed by atoms with E-state index in [2.05, 4.69) is 26.6 Å². The Bertz CT molecular complexity index is 729. The van der Waals surface area contributed by atoms with Crippen LogP contribution in [0.4, 0.5) is 5.69 Å². The molecule has 2 amide bonds. The van der Waals surface area contributed by atoms with Gasteiger partial charge in [-0.2, -0.15) is 0 Å². The van der Waals surface area contributed by atoms with Crippen LogP contribution in [0.1, 0.15) is 22.8 Å². The largest absolute Gasteiger partial charge is 0.355 e. The molecule has 0 aromatic heterocycles. The minimum Gasteiger partial charge on any atom is -0.355 e. The third-order valence-corrected chi connectivity index (χ3v) is 4.56. The molecule has 0 spiro atoms. The molecule has 0 radical (unpaired) electrons. The van der Waals surface area contributed by atoms with Crippen molar-refractivity contribution in [1.29, 1.82) is 0 Å². The van der Waals surface area contributed by atoms with E-state index >= 15 is 0 Å². The first-order valence-corrected chi connectivity index (χ1v) is 8.77. The fourth-order valence-electron chi connectivity index (χ4n) is 2.31. The maximum Gasteiger partial charge on any atom is 0.251 e. The molecule has 0 unspecified atom stereocenters. The van der Waals surface area contributed by atoms with Gasteiger partial charge in [0, 0.05) is 29.3 Å². The molecule has 2 aromatic rings. The second-order valence-corrected chi connectivity index (χ2v) is 6.78. The molecule has 0 heterocycles. The standard InChI is InChI=1S/C19H22BrN3O2/c1-13(18(24)22-17-10-8-16(20)9-11-17)23(3)12-14-4-6-15(7-5-14)19(25)21-2/h4-11,13H,12H2,1-3H3,(H,21,25)(H,22,24)/t13-/m1/s1. The number of amides is 2. The van der Waals surface area contributed by atoms with Crippen LogP contribution >= 0.6 is 15.9 Å². The lowest BCUT2D eigenvalue weighted by Gasteiger charge is -2.24. The van der Waals surface area contributed by atoms with Gasteiger partial charge < -0.3 is 10.6 Å². The predicted molar refractivity (Wildman–Crippen MR) is 104 cm³/mol. The minimum atomic E-state index is -0.290. The number of hydrogen-bond donors (Lipinski definition) is 2. The monoisotopic (exact) mass is 403 g/mol. The van der Waals surface area contributed by atoms with Gasteiger partial charge in [0.05, 0.1) is 6.04 Å². The van der Waals surface area contributed by atoms with E-state index in [-0.39, 0.29) is 17.9 Å². The SMILES string of the molecule is CNC(=O)c1ccc(CN(C)[C@H](C)C(=O)Nc2ccc(Br)cc2)cc1. The molecule has 0 aliphatic rings. The summed E-state index contributed by atoms with van der Waals surface area (Å²) in [4.78, 5) is 25.9. The molecule has 0 fully saturated rings. The van der Waals surface area contributed by atoms with Crippen LogP contribution in [0.25, 0.3) is 0 Å². The van der Waals surface area contributed by atoms with Crippen LogP contribution in [0.3, 0.4) is 0 Å². The fourth-order valence-corrected chi connectivity index (χ4v) is 2.58. The molecule has 2 aromatic carbocycles.